The quantitative estimate of drug-likeness (QED) is 0.702. The lowest BCUT2D eigenvalue weighted by atomic mass is 10.1. The topological polar surface area (TPSA) is 26.5 Å². The van der Waals surface area contributed by atoms with Crippen LogP contribution in [0.5, 0.6) is 0 Å². The molecule has 2 heterocycles. The zero-order valence-corrected chi connectivity index (χ0v) is 8.90. The fraction of sp³-hybridized carbons (Fsp3) is 0.545. The monoisotopic (exact) mass is 192 g/mol. The Hall–Kier alpha value is -1.25. The van der Waals surface area contributed by atoms with Crippen LogP contribution in [0.1, 0.15) is 19.5 Å². The molecule has 0 aliphatic carbocycles. The largest absolute Gasteiger partial charge is 0.474 e. The van der Waals surface area contributed by atoms with Gasteiger partial charge in [0.05, 0.1) is 6.04 Å². The highest BCUT2D eigenvalue weighted by Crippen LogP contribution is 2.17. The van der Waals surface area contributed by atoms with Gasteiger partial charge in [-0.15, -0.1) is 0 Å². The lowest BCUT2D eigenvalue weighted by Gasteiger charge is -2.06. The molecule has 1 atom stereocenters. The van der Waals surface area contributed by atoms with E-state index in [2.05, 4.69) is 18.8 Å². The van der Waals surface area contributed by atoms with Crippen molar-refractivity contribution in [2.75, 3.05) is 6.61 Å². The molecule has 14 heavy (non-hydrogen) atoms. The van der Waals surface area contributed by atoms with Crippen molar-refractivity contribution in [3.63, 3.8) is 0 Å². The third-order valence-corrected chi connectivity index (χ3v) is 2.61. The summed E-state index contributed by atoms with van der Waals surface area (Å²) in [4.78, 5) is 4.56. The normalized spacial score (nSPS) is 21.1. The van der Waals surface area contributed by atoms with Crippen LogP contribution in [0.4, 0.5) is 0 Å². The molecule has 2 rings (SSSR count). The third-order valence-electron chi connectivity index (χ3n) is 2.61. The van der Waals surface area contributed by atoms with Crippen LogP contribution in [0.15, 0.2) is 23.3 Å². The molecule has 1 aliphatic heterocycles. The predicted molar refractivity (Wildman–Crippen MR) is 56.5 cm³/mol. The molecule has 0 bridgehead atoms. The van der Waals surface area contributed by atoms with Gasteiger partial charge in [-0.05, 0) is 18.1 Å². The number of ether oxygens (including phenoxy) is 1. The SMILES string of the molecule is CC(C)C1COC(c2cccn2C)=N1. The molecule has 0 amide bonds. The second-order valence-electron chi connectivity index (χ2n) is 4.06. The minimum absolute atomic E-state index is 0.319. The molecule has 0 radical (unpaired) electrons. The van der Waals surface area contributed by atoms with Gasteiger partial charge in [0.2, 0.25) is 5.90 Å². The standard InChI is InChI=1S/C11H16N2O/c1-8(2)9-7-14-11(12-9)10-5-4-6-13(10)3/h4-6,8-9H,7H2,1-3H3. The van der Waals surface area contributed by atoms with Crippen LogP contribution in [-0.4, -0.2) is 23.1 Å². The number of hydrogen-bond acceptors (Lipinski definition) is 2. The molecule has 0 fully saturated rings. The van der Waals surface area contributed by atoms with E-state index in [9.17, 15) is 0 Å². The summed E-state index contributed by atoms with van der Waals surface area (Å²) in [6.45, 7) is 5.06. The molecular formula is C11H16N2O. The maximum absolute atomic E-state index is 5.58. The van der Waals surface area contributed by atoms with E-state index >= 15 is 0 Å². The first-order chi connectivity index (χ1) is 6.68. The van der Waals surface area contributed by atoms with Crippen molar-refractivity contribution < 1.29 is 4.74 Å². The number of aliphatic imine (C=N–C) groups is 1. The van der Waals surface area contributed by atoms with Gasteiger partial charge in [0.1, 0.15) is 12.3 Å². The second-order valence-corrected chi connectivity index (χ2v) is 4.06. The molecule has 1 aliphatic rings. The van der Waals surface area contributed by atoms with Crippen LogP contribution >= 0.6 is 0 Å². The fourth-order valence-electron chi connectivity index (χ4n) is 1.55. The Morgan fingerprint density at radius 2 is 2.36 bits per heavy atom. The number of nitrogens with zero attached hydrogens (tertiary/aromatic N) is 2. The number of rotatable bonds is 2. The van der Waals surface area contributed by atoms with E-state index in [0.717, 1.165) is 18.2 Å². The van der Waals surface area contributed by atoms with Gasteiger partial charge in [0.25, 0.3) is 0 Å². The molecule has 0 N–H and O–H groups in total. The first kappa shape index (κ1) is 9.31. The van der Waals surface area contributed by atoms with Gasteiger partial charge in [-0.3, -0.25) is 0 Å². The Morgan fingerprint density at radius 3 is 2.86 bits per heavy atom. The van der Waals surface area contributed by atoms with Crippen LogP contribution in [0.25, 0.3) is 0 Å². The first-order valence-corrected chi connectivity index (χ1v) is 5.01. The predicted octanol–water partition coefficient (Wildman–Crippen LogP) is 1.83. The van der Waals surface area contributed by atoms with Gasteiger partial charge >= 0.3 is 0 Å². The Balaban J connectivity index is 2.22. The van der Waals surface area contributed by atoms with E-state index in [1.165, 1.54) is 0 Å². The Bertz CT molecular complexity index is 352. The Labute approximate surface area is 84.4 Å². The minimum Gasteiger partial charge on any atom is -0.474 e. The summed E-state index contributed by atoms with van der Waals surface area (Å²) in [5.74, 6) is 1.34. The fourth-order valence-corrected chi connectivity index (χ4v) is 1.55. The zero-order chi connectivity index (χ0) is 10.1. The highest BCUT2D eigenvalue weighted by atomic mass is 16.5. The van der Waals surface area contributed by atoms with E-state index in [1.54, 1.807) is 0 Å². The summed E-state index contributed by atoms with van der Waals surface area (Å²) in [6.07, 6.45) is 2.00. The Kier molecular flexibility index (Phi) is 2.32. The van der Waals surface area contributed by atoms with Crippen molar-refractivity contribution in [3.8, 4) is 0 Å². The van der Waals surface area contributed by atoms with E-state index < -0.39 is 0 Å². The second kappa shape index (κ2) is 3.48. The van der Waals surface area contributed by atoms with Crippen molar-refractivity contribution in [2.45, 2.75) is 19.9 Å². The highest BCUT2D eigenvalue weighted by molar-refractivity contribution is 5.93. The highest BCUT2D eigenvalue weighted by Gasteiger charge is 2.23. The molecule has 3 heteroatoms. The average molecular weight is 192 g/mol. The maximum Gasteiger partial charge on any atom is 0.233 e. The van der Waals surface area contributed by atoms with E-state index in [4.69, 9.17) is 4.74 Å². The van der Waals surface area contributed by atoms with E-state index in [-0.39, 0.29) is 0 Å². The number of hydrogen-bond donors (Lipinski definition) is 0. The molecule has 0 saturated carbocycles. The summed E-state index contributed by atoms with van der Waals surface area (Å²) in [6, 6.07) is 4.35. The van der Waals surface area contributed by atoms with Gasteiger partial charge in [-0.2, -0.15) is 0 Å². The lowest BCUT2D eigenvalue weighted by molar-refractivity contribution is 0.291. The molecule has 0 saturated heterocycles. The summed E-state index contributed by atoms with van der Waals surface area (Å²) in [5.41, 5.74) is 1.06. The van der Waals surface area contributed by atoms with E-state index in [0.29, 0.717) is 12.0 Å². The third kappa shape index (κ3) is 1.54. The van der Waals surface area contributed by atoms with Crippen molar-refractivity contribution in [3.05, 3.63) is 24.0 Å². The summed E-state index contributed by atoms with van der Waals surface area (Å²) in [5, 5.41) is 0. The van der Waals surface area contributed by atoms with Crippen molar-refractivity contribution in [2.24, 2.45) is 18.0 Å². The van der Waals surface area contributed by atoms with Gasteiger partial charge in [-0.1, -0.05) is 13.8 Å². The first-order valence-electron chi connectivity index (χ1n) is 5.01. The van der Waals surface area contributed by atoms with E-state index in [1.807, 2.05) is 29.9 Å². The van der Waals surface area contributed by atoms with Crippen LogP contribution < -0.4 is 0 Å². The van der Waals surface area contributed by atoms with Crippen LogP contribution in [0, 0.1) is 5.92 Å². The van der Waals surface area contributed by atoms with Crippen LogP contribution in [0.3, 0.4) is 0 Å². The van der Waals surface area contributed by atoms with Crippen molar-refractivity contribution in [1.82, 2.24) is 4.57 Å². The maximum atomic E-state index is 5.58. The molecule has 0 aromatic carbocycles. The van der Waals surface area contributed by atoms with Crippen molar-refractivity contribution in [1.29, 1.82) is 0 Å². The number of aryl methyl sites for hydroxylation is 1. The minimum atomic E-state index is 0.319. The molecule has 1 aromatic heterocycles. The van der Waals surface area contributed by atoms with Crippen molar-refractivity contribution >= 4 is 5.90 Å². The molecule has 1 aromatic rings. The summed E-state index contributed by atoms with van der Waals surface area (Å²) < 4.78 is 7.61. The Morgan fingerprint density at radius 1 is 1.57 bits per heavy atom. The molecule has 0 spiro atoms. The zero-order valence-electron chi connectivity index (χ0n) is 8.90. The summed E-state index contributed by atoms with van der Waals surface area (Å²) >= 11 is 0. The lowest BCUT2D eigenvalue weighted by Crippen LogP contribution is -2.13. The van der Waals surface area contributed by atoms with Crippen LogP contribution in [-0.2, 0) is 11.8 Å². The smallest absolute Gasteiger partial charge is 0.233 e. The summed E-state index contributed by atoms with van der Waals surface area (Å²) in [7, 11) is 2.00. The van der Waals surface area contributed by atoms with Gasteiger partial charge in [0.15, 0.2) is 0 Å². The molecular weight excluding hydrogens is 176 g/mol. The van der Waals surface area contributed by atoms with Gasteiger partial charge in [0, 0.05) is 13.2 Å². The number of aromatic nitrogens is 1. The molecule has 76 valence electrons. The average Bonchev–Trinajstić information content (AvgIpc) is 2.71. The van der Waals surface area contributed by atoms with Gasteiger partial charge in [-0.25, -0.2) is 4.99 Å². The van der Waals surface area contributed by atoms with Gasteiger partial charge < -0.3 is 9.30 Å². The molecule has 1 unspecified atom stereocenters. The van der Waals surface area contributed by atoms with Crippen LogP contribution in [0.2, 0.25) is 0 Å². The molecule has 3 nitrogen and oxygen atoms in total.